The van der Waals surface area contributed by atoms with Crippen LogP contribution < -0.4 is 5.32 Å². The lowest BCUT2D eigenvalue weighted by Crippen LogP contribution is -2.29. The van der Waals surface area contributed by atoms with E-state index in [1.54, 1.807) is 0 Å². The third kappa shape index (κ3) is 4.02. The molecule has 0 amide bonds. The van der Waals surface area contributed by atoms with Crippen molar-refractivity contribution in [2.24, 2.45) is 0 Å². The highest BCUT2D eigenvalue weighted by molar-refractivity contribution is 6.05. The lowest BCUT2D eigenvalue weighted by molar-refractivity contribution is 0.628. The van der Waals surface area contributed by atoms with Gasteiger partial charge in [0.25, 0.3) is 0 Å². The van der Waals surface area contributed by atoms with Gasteiger partial charge in [0.15, 0.2) is 0 Å². The van der Waals surface area contributed by atoms with E-state index >= 15 is 0 Å². The predicted molar refractivity (Wildman–Crippen MR) is 232 cm³/mol. The molecule has 9 aromatic rings. The molecule has 0 saturated carbocycles. The third-order valence-corrected chi connectivity index (χ3v) is 13.0. The first-order valence-corrected chi connectivity index (χ1v) is 19.9. The van der Waals surface area contributed by atoms with E-state index in [4.69, 9.17) is 0 Å². The summed E-state index contributed by atoms with van der Waals surface area (Å²) in [6.45, 7) is 0. The van der Waals surface area contributed by atoms with Gasteiger partial charge >= 0.3 is 0 Å². The molecular weight excluding hydrogens is 695 g/mol. The van der Waals surface area contributed by atoms with E-state index in [1.807, 2.05) is 24.5 Å². The fourth-order valence-electron chi connectivity index (χ4n) is 10.8. The van der Waals surface area contributed by atoms with Crippen molar-refractivity contribution in [3.05, 3.63) is 215 Å². The quantitative estimate of drug-likeness (QED) is 0.197. The Bertz CT molecular complexity index is 3160. The van der Waals surface area contributed by atoms with Crippen molar-refractivity contribution in [3.63, 3.8) is 0 Å². The van der Waals surface area contributed by atoms with Gasteiger partial charge in [0.2, 0.25) is 0 Å². The number of hydrogen-bond donors (Lipinski definition) is 1. The van der Waals surface area contributed by atoms with Crippen LogP contribution in [0.15, 0.2) is 182 Å². The summed E-state index contributed by atoms with van der Waals surface area (Å²) in [6.07, 6.45) is 14.2. The van der Waals surface area contributed by atoms with Gasteiger partial charge in [-0.1, -0.05) is 121 Å². The van der Waals surface area contributed by atoms with Crippen LogP contribution in [0.1, 0.15) is 51.9 Å². The lowest BCUT2D eigenvalue weighted by Gasteiger charge is -2.35. The minimum Gasteiger partial charge on any atom is -0.360 e. The van der Waals surface area contributed by atoms with Gasteiger partial charge in [-0.25, -0.2) is 0 Å². The number of pyridine rings is 2. The number of hydrogen-bond acceptors (Lipinski definition) is 3. The number of nitrogens with one attached hydrogen (secondary N) is 1. The van der Waals surface area contributed by atoms with E-state index in [-0.39, 0.29) is 17.5 Å². The second-order valence-corrected chi connectivity index (χ2v) is 15.7. The first kappa shape index (κ1) is 31.0. The van der Waals surface area contributed by atoms with Crippen LogP contribution in [0, 0.1) is 0 Å². The molecule has 13 rings (SSSR count). The van der Waals surface area contributed by atoms with Gasteiger partial charge in [-0.2, -0.15) is 0 Å². The summed E-state index contributed by atoms with van der Waals surface area (Å²) >= 11 is 0. The summed E-state index contributed by atoms with van der Waals surface area (Å²) in [5.41, 5.74) is 19.3. The Morgan fingerprint density at radius 1 is 0.614 bits per heavy atom. The van der Waals surface area contributed by atoms with Crippen LogP contribution >= 0.6 is 0 Å². The minimum atomic E-state index is -0.352. The summed E-state index contributed by atoms with van der Waals surface area (Å²) in [7, 11) is 0. The molecule has 0 saturated heterocycles. The number of benzene rings is 5. The number of para-hydroxylation sites is 1. The fraction of sp³-hybridized carbons (Fsp3) is 0.0769. The van der Waals surface area contributed by atoms with Gasteiger partial charge < -0.3 is 14.5 Å². The van der Waals surface area contributed by atoms with Crippen molar-refractivity contribution in [3.8, 4) is 16.8 Å². The Labute approximate surface area is 329 Å². The monoisotopic (exact) mass is 729 g/mol. The lowest BCUT2D eigenvalue weighted by atomic mass is 9.69. The third-order valence-electron chi connectivity index (χ3n) is 13.0. The van der Waals surface area contributed by atoms with E-state index < -0.39 is 0 Å². The molecule has 2 atom stereocenters. The van der Waals surface area contributed by atoms with Gasteiger partial charge in [-0.3, -0.25) is 9.97 Å². The van der Waals surface area contributed by atoms with Crippen LogP contribution in [-0.4, -0.2) is 19.1 Å². The van der Waals surface area contributed by atoms with E-state index in [2.05, 4.69) is 182 Å². The molecule has 5 heteroatoms. The van der Waals surface area contributed by atoms with Gasteiger partial charge in [-0.05, 0) is 105 Å². The fourth-order valence-corrected chi connectivity index (χ4v) is 10.8. The Morgan fingerprint density at radius 2 is 1.25 bits per heavy atom. The molecule has 5 aromatic carbocycles. The summed E-state index contributed by atoms with van der Waals surface area (Å²) in [4.78, 5) is 9.34. The van der Waals surface area contributed by atoms with Crippen LogP contribution in [0.25, 0.3) is 61.4 Å². The molecule has 0 bridgehead atoms. The molecule has 5 heterocycles. The molecule has 1 unspecified atom stereocenters. The molecule has 1 N–H and O–H groups in total. The largest absolute Gasteiger partial charge is 0.360 e. The summed E-state index contributed by atoms with van der Waals surface area (Å²) in [5.74, 6) is 1.20. The standard InChI is InChI=1S/C52H35N5/c1-5-15-41-36(11-1)37-12-2-6-16-42(37)52(41)43-17-7-3-14-39(43)48-44(52)31-40-38-13-4-8-18-45(38)57(51(40)55-48)35-27-23-33(24-28-35)32-21-25-34(26-22-32)56-46-19-9-29-53-49(46)50-47(56)20-10-30-54-50/h1-27,29-31,35,48,55H,28H2/t35-,48?/m0/s1. The van der Waals surface area contributed by atoms with Crippen molar-refractivity contribution < 1.29 is 0 Å². The van der Waals surface area contributed by atoms with Crippen molar-refractivity contribution >= 4 is 50.4 Å². The molecule has 4 aliphatic rings. The Balaban J connectivity index is 0.899. The number of nitrogens with zero attached hydrogens (tertiary/aromatic N) is 4. The summed E-state index contributed by atoms with van der Waals surface area (Å²) < 4.78 is 4.82. The van der Waals surface area contributed by atoms with Crippen molar-refractivity contribution in [2.45, 2.75) is 23.9 Å². The number of allylic oxidation sites excluding steroid dienone is 4. The maximum Gasteiger partial charge on any atom is 0.115 e. The van der Waals surface area contributed by atoms with Crippen LogP contribution in [0.3, 0.4) is 0 Å². The molecule has 5 nitrogen and oxygen atoms in total. The van der Waals surface area contributed by atoms with Gasteiger partial charge in [-0.15, -0.1) is 0 Å². The van der Waals surface area contributed by atoms with E-state index in [0.29, 0.717) is 0 Å². The number of rotatable bonds is 3. The molecule has 1 aliphatic heterocycles. The zero-order valence-corrected chi connectivity index (χ0v) is 31.0. The Kier molecular flexibility index (Phi) is 6.21. The smallest absolute Gasteiger partial charge is 0.115 e. The van der Waals surface area contributed by atoms with Crippen molar-refractivity contribution in [1.82, 2.24) is 19.1 Å². The predicted octanol–water partition coefficient (Wildman–Crippen LogP) is 12.0. The highest BCUT2D eigenvalue weighted by Gasteiger charge is 2.56. The molecule has 268 valence electrons. The van der Waals surface area contributed by atoms with Crippen LogP contribution in [0.2, 0.25) is 0 Å². The topological polar surface area (TPSA) is 47.7 Å². The van der Waals surface area contributed by atoms with Crippen LogP contribution in [0.5, 0.6) is 0 Å². The molecule has 4 aromatic heterocycles. The second kappa shape index (κ2) is 11.4. The Morgan fingerprint density at radius 3 is 1.95 bits per heavy atom. The van der Waals surface area contributed by atoms with Crippen LogP contribution in [-0.2, 0) is 5.41 Å². The van der Waals surface area contributed by atoms with E-state index in [9.17, 15) is 0 Å². The zero-order valence-electron chi connectivity index (χ0n) is 31.0. The number of aromatic nitrogens is 4. The maximum atomic E-state index is 4.67. The van der Waals surface area contributed by atoms with Crippen molar-refractivity contribution in [1.29, 1.82) is 0 Å². The average molecular weight is 730 g/mol. The molecule has 57 heavy (non-hydrogen) atoms. The maximum absolute atomic E-state index is 4.67. The number of fused-ring (bicyclic) bond motifs is 16. The summed E-state index contributed by atoms with van der Waals surface area (Å²) in [5, 5.41) is 5.48. The number of anilines is 1. The highest BCUT2D eigenvalue weighted by Crippen LogP contribution is 2.65. The van der Waals surface area contributed by atoms with E-state index in [1.165, 1.54) is 72.4 Å². The zero-order chi connectivity index (χ0) is 37.2. The highest BCUT2D eigenvalue weighted by atomic mass is 15.2. The van der Waals surface area contributed by atoms with Crippen LogP contribution in [0.4, 0.5) is 5.82 Å². The first-order valence-electron chi connectivity index (χ1n) is 19.9. The van der Waals surface area contributed by atoms with Crippen molar-refractivity contribution in [2.75, 3.05) is 5.32 Å². The average Bonchev–Trinajstić information content (AvgIpc) is 3.98. The molecular formula is C52H35N5. The molecule has 3 aliphatic carbocycles. The van der Waals surface area contributed by atoms with Gasteiger partial charge in [0.1, 0.15) is 16.9 Å². The second-order valence-electron chi connectivity index (χ2n) is 15.7. The SMILES string of the molecule is C1=C[C@H](n2c3c(c4ccccc42)C=C2C(N3)c3ccccc3C23c2ccccc2-c2ccccc23)CC=C1c1ccc(-n2c3cccnc3c3ncccc32)cc1. The van der Waals surface area contributed by atoms with Gasteiger partial charge in [0, 0.05) is 29.0 Å². The molecule has 1 spiro atoms. The first-order chi connectivity index (χ1) is 28.3. The molecule has 0 fully saturated rings. The minimum absolute atomic E-state index is 0.0502. The normalized spacial score (nSPS) is 18.2. The van der Waals surface area contributed by atoms with Gasteiger partial charge in [0.05, 0.1) is 34.0 Å². The molecule has 0 radical (unpaired) electrons. The summed E-state index contributed by atoms with van der Waals surface area (Å²) in [6, 6.07) is 53.5. The Hall–Kier alpha value is -7.24. The van der Waals surface area contributed by atoms with E-state index in [0.717, 1.165) is 34.2 Å².